The largest absolute Gasteiger partial charge is 0.394 e. The van der Waals surface area contributed by atoms with Gasteiger partial charge in [-0.2, -0.15) is 0 Å². The normalized spacial score (nSPS) is 55.4. The van der Waals surface area contributed by atoms with Gasteiger partial charge in [0.25, 0.3) is 0 Å². The molecular formula is C48H80O40. The van der Waals surface area contributed by atoms with Crippen LogP contribution in [0.1, 0.15) is 0 Å². The van der Waals surface area contributed by atoms with Gasteiger partial charge in [0.15, 0.2) is 50.3 Å². The maximum Gasteiger partial charge on any atom is 0.187 e. The van der Waals surface area contributed by atoms with Crippen LogP contribution in [0.4, 0.5) is 0 Å². The van der Waals surface area contributed by atoms with Crippen LogP contribution in [0.5, 0.6) is 0 Å². The smallest absolute Gasteiger partial charge is 0.187 e. The Hall–Kier alpha value is -1.60. The number of rotatable bonds is 8. The molecular weight excluding hydrogens is 1220 g/mol. The summed E-state index contributed by atoms with van der Waals surface area (Å²) in [5.41, 5.74) is 0. The average molecular weight is 1300 g/mol. The highest BCUT2D eigenvalue weighted by molar-refractivity contribution is 5.02. The van der Waals surface area contributed by atoms with E-state index in [-0.39, 0.29) is 0 Å². The number of aliphatic hydroxyl groups excluding tert-OH is 24. The molecule has 0 spiro atoms. The standard InChI is InChI=1S/C48H80O40/c49-1-9-33-17(57)25(65)41(73-9)82-34-10(2-50)75-43(27(67)19(34)59)84-36-12(4-52)77-45(29(69)21(36)61)86-38-14(6-54)79-47(31(71)23(38)63)88-40-16(8-56)80-48(32(72)24(40)64)87-39-15(7-55)78-46(30(70)22(39)62)85-37-13(5-53)76-44(28(68)20(37)60)83-35-11(3-51)74-42(81-33)26(66)18(35)58/h9-72H,1-8H2/t9-,10-,11-,12-,13-,14-,15-,16-,17-,18-,19-,20-,21-,22-,23-,24-,25-,26-,27-,28-,29-,30-,31-,32-,33-,34?,35?,36?,37?,38?,39?,40-,41?,42?,43?,44?,45?,46?,47?,48?/m1/s1. The van der Waals surface area contributed by atoms with E-state index in [1.165, 1.54) is 0 Å². The predicted molar refractivity (Wildman–Crippen MR) is 261 cm³/mol. The molecule has 40 atom stereocenters. The Morgan fingerprint density at radius 2 is 0.227 bits per heavy atom. The summed E-state index contributed by atoms with van der Waals surface area (Å²) in [7, 11) is 0. The van der Waals surface area contributed by atoms with E-state index in [2.05, 4.69) is 0 Å². The first-order chi connectivity index (χ1) is 41.9. The molecule has 88 heavy (non-hydrogen) atoms. The van der Waals surface area contributed by atoms with Crippen molar-refractivity contribution in [2.45, 2.75) is 246 Å². The molecule has 0 saturated carbocycles. The Bertz CT molecular complexity index is 1700. The zero-order chi connectivity index (χ0) is 64.1. The molecule has 0 aromatic heterocycles. The van der Waals surface area contributed by atoms with Crippen LogP contribution in [0.25, 0.3) is 0 Å². The van der Waals surface area contributed by atoms with Crippen molar-refractivity contribution in [1.82, 2.24) is 0 Å². The highest BCUT2D eigenvalue weighted by atomic mass is 16.8. The first-order valence-electron chi connectivity index (χ1n) is 28.1. The van der Waals surface area contributed by atoms with Crippen LogP contribution in [-0.4, -0.2) is 421 Å². The minimum Gasteiger partial charge on any atom is -0.394 e. The lowest BCUT2D eigenvalue weighted by atomic mass is 9.94. The number of aliphatic hydroxyl groups is 24. The van der Waals surface area contributed by atoms with Crippen molar-refractivity contribution in [2.75, 3.05) is 52.9 Å². The summed E-state index contributed by atoms with van der Waals surface area (Å²) in [4.78, 5) is 0. The fourth-order valence-electron chi connectivity index (χ4n) is 11.9. The topological polar surface area (TPSA) is 633 Å². The van der Waals surface area contributed by atoms with Crippen molar-refractivity contribution >= 4 is 0 Å². The molecule has 0 aromatic rings. The van der Waals surface area contributed by atoms with Gasteiger partial charge in [-0.15, -0.1) is 0 Å². The molecule has 30 aliphatic rings. The first-order valence-corrected chi connectivity index (χ1v) is 28.1. The summed E-state index contributed by atoms with van der Waals surface area (Å²) in [6, 6.07) is 0. The second kappa shape index (κ2) is 30.0. The van der Waals surface area contributed by atoms with Gasteiger partial charge in [-0.3, -0.25) is 0 Å². The molecule has 30 fully saturated rings. The van der Waals surface area contributed by atoms with E-state index in [1.807, 2.05) is 0 Å². The van der Waals surface area contributed by atoms with Gasteiger partial charge in [0.1, 0.15) is 195 Å². The molecule has 30 heterocycles. The minimum atomic E-state index is -2.25. The molecule has 0 radical (unpaired) electrons. The van der Waals surface area contributed by atoms with E-state index in [9.17, 15) is 123 Å². The fraction of sp³-hybridized carbons (Fsp3) is 1.00. The maximum absolute atomic E-state index is 11.4. The van der Waals surface area contributed by atoms with Crippen LogP contribution < -0.4 is 0 Å². The van der Waals surface area contributed by atoms with Crippen molar-refractivity contribution in [3.8, 4) is 0 Å². The van der Waals surface area contributed by atoms with Crippen molar-refractivity contribution in [3.63, 3.8) is 0 Å². The minimum absolute atomic E-state index is 1.08. The Morgan fingerprint density at radius 3 is 0.307 bits per heavy atom. The molecule has 512 valence electrons. The average Bonchev–Trinajstić information content (AvgIpc) is 3.32. The Labute approximate surface area is 496 Å². The summed E-state index contributed by atoms with van der Waals surface area (Å²) in [5.74, 6) is 0. The summed E-state index contributed by atoms with van der Waals surface area (Å²) in [6.45, 7) is -8.64. The van der Waals surface area contributed by atoms with E-state index in [0.29, 0.717) is 0 Å². The molecule has 30 saturated heterocycles. The monoisotopic (exact) mass is 1300 g/mol. The zero-order valence-corrected chi connectivity index (χ0v) is 46.0. The lowest BCUT2D eigenvalue weighted by Crippen LogP contribution is -2.69. The van der Waals surface area contributed by atoms with Gasteiger partial charge >= 0.3 is 0 Å². The highest BCUT2D eigenvalue weighted by Crippen LogP contribution is 2.40. The molecule has 14 unspecified atom stereocenters. The van der Waals surface area contributed by atoms with Gasteiger partial charge < -0.3 is 198 Å². The van der Waals surface area contributed by atoms with Gasteiger partial charge in [0.2, 0.25) is 0 Å². The highest BCUT2D eigenvalue weighted by Gasteiger charge is 2.60. The zero-order valence-electron chi connectivity index (χ0n) is 46.0. The van der Waals surface area contributed by atoms with E-state index in [0.717, 1.165) is 0 Å². The molecule has 40 nitrogen and oxygen atoms in total. The SMILES string of the molecule is OC[C@H]1OC2OC3[C@@H](CO)OC(OC4[C@@H](CO)OC(O[C@H]5[C@H](O)[C@@H](O)C(OC6[C@@H](CO)OC(OC7[C@@H](CO)OC(OC8[C@@H](CO)OC(O[C@H]9[C@H](O)[C@@H](O)C(OC1[C@H](O)[C@H]2O)O[C@@H]9CO)[C@H](O)[C@H]8O)[C@H](O)[C@H]7O)[C@H](O)[C@H]6O)O[C@@H]5CO)[C@H](O)[C@H]4O)[C@H](O)[C@H]3O. The molecule has 0 amide bonds. The van der Waals surface area contributed by atoms with E-state index >= 15 is 0 Å². The van der Waals surface area contributed by atoms with Crippen LogP contribution in [0.15, 0.2) is 0 Å². The summed E-state index contributed by atoms with van der Waals surface area (Å²) < 4.78 is 91.1. The third-order valence-corrected chi connectivity index (χ3v) is 16.9. The molecule has 30 aliphatic heterocycles. The lowest BCUT2D eigenvalue weighted by Gasteiger charge is -2.50. The molecule has 30 rings (SSSR count). The van der Waals surface area contributed by atoms with Crippen molar-refractivity contribution in [3.05, 3.63) is 0 Å². The summed E-state index contributed by atoms with van der Waals surface area (Å²) in [5, 5.41) is 265. The predicted octanol–water partition coefficient (Wildman–Crippen LogP) is -17.4. The van der Waals surface area contributed by atoms with Crippen LogP contribution in [0, 0.1) is 0 Å². The third-order valence-electron chi connectivity index (χ3n) is 16.9. The van der Waals surface area contributed by atoms with Gasteiger partial charge in [-0.25, -0.2) is 0 Å². The molecule has 16 bridgehead atoms. The second-order valence-corrected chi connectivity index (χ2v) is 22.5. The van der Waals surface area contributed by atoms with E-state index in [1.54, 1.807) is 0 Å². The fourth-order valence-corrected chi connectivity index (χ4v) is 11.9. The van der Waals surface area contributed by atoms with E-state index < -0.39 is 299 Å². The van der Waals surface area contributed by atoms with Gasteiger partial charge in [-0.1, -0.05) is 0 Å². The Kier molecular flexibility index (Phi) is 24.1. The summed E-state index contributed by atoms with van der Waals surface area (Å²) in [6.07, 6.45) is -82.0. The van der Waals surface area contributed by atoms with Crippen LogP contribution in [0.3, 0.4) is 0 Å². The van der Waals surface area contributed by atoms with Crippen LogP contribution >= 0.6 is 0 Å². The van der Waals surface area contributed by atoms with Crippen molar-refractivity contribution in [2.24, 2.45) is 0 Å². The Balaban J connectivity index is 0.975. The first kappa shape index (κ1) is 70.7. The van der Waals surface area contributed by atoms with Crippen molar-refractivity contribution < 1.29 is 198 Å². The van der Waals surface area contributed by atoms with Gasteiger partial charge in [0.05, 0.1) is 52.9 Å². The second-order valence-electron chi connectivity index (χ2n) is 22.5. The van der Waals surface area contributed by atoms with Gasteiger partial charge in [0, 0.05) is 0 Å². The maximum atomic E-state index is 11.4. The van der Waals surface area contributed by atoms with E-state index in [4.69, 9.17) is 75.8 Å². The molecule has 40 heteroatoms. The molecule has 0 aliphatic carbocycles. The Morgan fingerprint density at radius 1 is 0.136 bits per heavy atom. The number of ether oxygens (including phenoxy) is 16. The van der Waals surface area contributed by atoms with Gasteiger partial charge in [-0.05, 0) is 0 Å². The lowest BCUT2D eigenvalue weighted by molar-refractivity contribution is -0.404. The molecule has 0 aromatic carbocycles. The van der Waals surface area contributed by atoms with Crippen molar-refractivity contribution in [1.29, 1.82) is 0 Å². The van der Waals surface area contributed by atoms with Crippen LogP contribution in [-0.2, 0) is 75.8 Å². The quantitative estimate of drug-likeness (QED) is 0.107. The number of hydrogen-bond donors (Lipinski definition) is 24. The molecule has 24 N–H and O–H groups in total. The van der Waals surface area contributed by atoms with Crippen LogP contribution in [0.2, 0.25) is 0 Å². The number of hydrogen-bond acceptors (Lipinski definition) is 40. The summed E-state index contributed by atoms with van der Waals surface area (Å²) >= 11 is 0. The third kappa shape index (κ3) is 13.8.